The van der Waals surface area contributed by atoms with Gasteiger partial charge in [-0.15, -0.1) is 0 Å². The number of imidazole rings is 1. The summed E-state index contributed by atoms with van der Waals surface area (Å²) in [6.45, 7) is 13.9. The molecule has 5 rings (SSSR count). The minimum Gasteiger partial charge on any atom is -0.768 e. The molecule has 2 saturated heterocycles. The summed E-state index contributed by atoms with van der Waals surface area (Å²) in [5.41, 5.74) is 1.95. The van der Waals surface area contributed by atoms with E-state index >= 15 is 0 Å². The van der Waals surface area contributed by atoms with Crippen LogP contribution in [0, 0.1) is 0 Å². The summed E-state index contributed by atoms with van der Waals surface area (Å²) in [6.07, 6.45) is 16.6. The fourth-order valence-corrected chi connectivity index (χ4v) is 8.87. The molecule has 2 aromatic heterocycles. The number of nitrogens with one attached hydrogen (secondary N) is 2. The van der Waals surface area contributed by atoms with Gasteiger partial charge in [0.15, 0.2) is 0 Å². The smallest absolute Gasteiger partial charge is 0.224 e. The molecule has 5 unspecified atom stereocenters. The zero-order valence-corrected chi connectivity index (χ0v) is 30.9. The second kappa shape index (κ2) is 15.7. The summed E-state index contributed by atoms with van der Waals surface area (Å²) in [6, 6.07) is 9.69. The molecule has 0 bridgehead atoms. The Balaban J connectivity index is 1.32. The van der Waals surface area contributed by atoms with Crippen molar-refractivity contribution in [1.82, 2.24) is 29.7 Å². The molecule has 2 amide bonds. The molecule has 2 aliphatic rings. The summed E-state index contributed by atoms with van der Waals surface area (Å²) in [7, 11) is 0. The minimum absolute atomic E-state index is 0.0294. The van der Waals surface area contributed by atoms with Crippen molar-refractivity contribution in [2.75, 3.05) is 6.54 Å². The molecule has 268 valence electrons. The predicted molar refractivity (Wildman–Crippen MR) is 192 cm³/mol. The van der Waals surface area contributed by atoms with Crippen LogP contribution in [-0.4, -0.2) is 69.3 Å². The lowest BCUT2D eigenvalue weighted by molar-refractivity contribution is -0.130. The second-order valence-corrected chi connectivity index (χ2v) is 16.6. The lowest BCUT2D eigenvalue weighted by Crippen LogP contribution is -2.62. The molecular formula is C38H55N6O4S-. The maximum atomic E-state index is 13.2. The number of piperidine rings is 1. The Hall–Kier alpha value is -3.28. The second-order valence-electron chi connectivity index (χ2n) is 15.7. The van der Waals surface area contributed by atoms with Crippen molar-refractivity contribution in [1.29, 1.82) is 0 Å². The van der Waals surface area contributed by atoms with Crippen molar-refractivity contribution in [2.24, 2.45) is 0 Å². The van der Waals surface area contributed by atoms with Crippen LogP contribution in [0.4, 0.5) is 0 Å². The summed E-state index contributed by atoms with van der Waals surface area (Å²) < 4.78 is 27.7. The quantitative estimate of drug-likeness (QED) is 0.187. The SMILES string of the molecule is CCC(CC(CC(CC(C)n1ccc(CC(=O)NC2CC(C)(C)NC(C)(C)C2)c1)c1ccc(S(=O)[O-])cc1)N1CCCC1=O)n1ccnc1. The number of likely N-dealkylation sites (tertiary alicyclic amines) is 1. The first-order valence-electron chi connectivity index (χ1n) is 17.9. The van der Waals surface area contributed by atoms with E-state index in [0.29, 0.717) is 12.8 Å². The summed E-state index contributed by atoms with van der Waals surface area (Å²) in [5.74, 6) is 0.321. The molecule has 2 N–H and O–H groups in total. The van der Waals surface area contributed by atoms with E-state index in [1.54, 1.807) is 18.3 Å². The maximum Gasteiger partial charge on any atom is 0.224 e. The molecule has 2 aliphatic heterocycles. The summed E-state index contributed by atoms with van der Waals surface area (Å²) in [4.78, 5) is 32.9. The van der Waals surface area contributed by atoms with E-state index in [1.165, 1.54) is 0 Å². The highest BCUT2D eigenvalue weighted by Gasteiger charge is 2.38. The molecule has 2 fully saturated rings. The van der Waals surface area contributed by atoms with Gasteiger partial charge in [0.05, 0.1) is 12.7 Å². The van der Waals surface area contributed by atoms with Gasteiger partial charge in [-0.25, -0.2) is 4.98 Å². The van der Waals surface area contributed by atoms with E-state index in [-0.39, 0.29) is 57.9 Å². The number of hydrogen-bond donors (Lipinski definition) is 2. The Morgan fingerprint density at radius 3 is 2.35 bits per heavy atom. The third-order valence-electron chi connectivity index (χ3n) is 10.4. The van der Waals surface area contributed by atoms with Crippen LogP contribution in [0.1, 0.15) is 122 Å². The average Bonchev–Trinajstić information content (AvgIpc) is 3.80. The Bertz CT molecular complexity index is 1550. The van der Waals surface area contributed by atoms with E-state index in [0.717, 1.165) is 62.6 Å². The van der Waals surface area contributed by atoms with Crippen LogP contribution in [0.5, 0.6) is 0 Å². The van der Waals surface area contributed by atoms with Crippen molar-refractivity contribution >= 4 is 22.9 Å². The lowest BCUT2D eigenvalue weighted by Gasteiger charge is -2.46. The number of carbonyl (C=O) groups is 2. The first-order chi connectivity index (χ1) is 23.2. The maximum absolute atomic E-state index is 13.2. The zero-order valence-electron chi connectivity index (χ0n) is 30.1. The first kappa shape index (κ1) is 37.0. The number of rotatable bonds is 15. The highest BCUT2D eigenvalue weighted by atomic mass is 32.2. The van der Waals surface area contributed by atoms with Crippen molar-refractivity contribution in [3.05, 3.63) is 72.6 Å². The molecule has 0 spiro atoms. The topological polar surface area (TPSA) is 124 Å². The van der Waals surface area contributed by atoms with Gasteiger partial charge < -0.3 is 29.2 Å². The molecular weight excluding hydrogens is 637 g/mol. The van der Waals surface area contributed by atoms with Crippen LogP contribution >= 0.6 is 0 Å². The Morgan fingerprint density at radius 1 is 1.04 bits per heavy atom. The van der Waals surface area contributed by atoms with E-state index in [4.69, 9.17) is 0 Å². The highest BCUT2D eigenvalue weighted by molar-refractivity contribution is 7.79. The summed E-state index contributed by atoms with van der Waals surface area (Å²) >= 11 is -2.30. The van der Waals surface area contributed by atoms with Gasteiger partial charge in [0.25, 0.3) is 0 Å². The molecule has 4 heterocycles. The molecule has 5 atom stereocenters. The van der Waals surface area contributed by atoms with Crippen molar-refractivity contribution in [3.8, 4) is 0 Å². The van der Waals surface area contributed by atoms with Gasteiger partial charge in [-0.1, -0.05) is 19.1 Å². The highest BCUT2D eigenvalue weighted by Crippen LogP contribution is 2.36. The molecule has 10 nitrogen and oxygen atoms in total. The molecule has 0 aliphatic carbocycles. The molecule has 11 heteroatoms. The van der Waals surface area contributed by atoms with E-state index in [9.17, 15) is 18.4 Å². The molecule has 1 aromatic carbocycles. The van der Waals surface area contributed by atoms with Gasteiger partial charge in [-0.3, -0.25) is 13.8 Å². The Labute approximate surface area is 294 Å². The van der Waals surface area contributed by atoms with Crippen molar-refractivity contribution in [3.63, 3.8) is 0 Å². The van der Waals surface area contributed by atoms with Gasteiger partial charge in [0, 0.05) is 77.9 Å². The van der Waals surface area contributed by atoms with Crippen LogP contribution in [0.2, 0.25) is 0 Å². The van der Waals surface area contributed by atoms with Crippen LogP contribution in [0.15, 0.2) is 66.3 Å². The van der Waals surface area contributed by atoms with E-state index in [1.807, 2.05) is 30.7 Å². The van der Waals surface area contributed by atoms with Gasteiger partial charge in [0.2, 0.25) is 11.8 Å². The Morgan fingerprint density at radius 2 is 1.76 bits per heavy atom. The van der Waals surface area contributed by atoms with Crippen LogP contribution in [-0.2, 0) is 27.1 Å². The zero-order chi connectivity index (χ0) is 35.3. The average molecular weight is 692 g/mol. The van der Waals surface area contributed by atoms with Crippen molar-refractivity contribution in [2.45, 2.75) is 145 Å². The summed E-state index contributed by atoms with van der Waals surface area (Å²) in [5, 5.41) is 6.97. The van der Waals surface area contributed by atoms with Crippen LogP contribution in [0.25, 0.3) is 0 Å². The van der Waals surface area contributed by atoms with Crippen LogP contribution in [0.3, 0.4) is 0 Å². The number of benzene rings is 1. The van der Waals surface area contributed by atoms with Gasteiger partial charge in [0.1, 0.15) is 0 Å². The minimum atomic E-state index is -2.30. The lowest BCUT2D eigenvalue weighted by atomic mass is 9.79. The largest absolute Gasteiger partial charge is 0.768 e. The number of amides is 2. The number of carbonyl (C=O) groups excluding carboxylic acids is 2. The molecule has 3 aromatic rings. The molecule has 0 radical (unpaired) electrons. The fourth-order valence-electron chi connectivity index (χ4n) is 8.51. The van der Waals surface area contributed by atoms with E-state index in [2.05, 4.69) is 83.6 Å². The van der Waals surface area contributed by atoms with Crippen molar-refractivity contribution < 1.29 is 18.4 Å². The predicted octanol–water partition coefficient (Wildman–Crippen LogP) is 6.05. The number of nitrogens with zero attached hydrogens (tertiary/aromatic N) is 4. The Kier molecular flexibility index (Phi) is 11.9. The molecule has 0 saturated carbocycles. The van der Waals surface area contributed by atoms with Gasteiger partial charge in [-0.2, -0.15) is 0 Å². The normalized spacial score (nSPS) is 20.9. The standard InChI is InChI=1S/C38H56N6O4S/c1-7-32(43-18-15-39-26-43)22-33(44-16-8-9-36(44)46)21-30(29-10-12-34(13-11-29)49(47)48)19-27(2)42-17-14-28(25-42)20-35(45)40-31-23-37(3,4)41-38(5,6)24-31/h10-15,17-18,25-27,30-33,41H,7-9,16,19-24H2,1-6H3,(H,40,45)(H,47,48)/p-1. The van der Waals surface area contributed by atoms with Gasteiger partial charge in [-0.05, 0) is 126 Å². The van der Waals surface area contributed by atoms with Crippen LogP contribution < -0.4 is 10.6 Å². The third-order valence-corrected chi connectivity index (χ3v) is 11.1. The van der Waals surface area contributed by atoms with Gasteiger partial charge >= 0.3 is 0 Å². The molecule has 49 heavy (non-hydrogen) atoms. The van der Waals surface area contributed by atoms with E-state index < -0.39 is 11.1 Å². The first-order valence-corrected chi connectivity index (χ1v) is 19.0. The fraction of sp³-hybridized carbons (Fsp3) is 0.605. The number of hydrogen-bond acceptors (Lipinski definition) is 6. The number of aromatic nitrogens is 3. The monoisotopic (exact) mass is 691 g/mol. The third kappa shape index (κ3) is 9.92.